The van der Waals surface area contributed by atoms with Gasteiger partial charge in [0.05, 0.1) is 12.6 Å². The Kier molecular flexibility index (Phi) is 4.70. The summed E-state index contributed by atoms with van der Waals surface area (Å²) in [5, 5.41) is 0. The third kappa shape index (κ3) is 4.09. The quantitative estimate of drug-likeness (QED) is 0.855. The van der Waals surface area contributed by atoms with Crippen LogP contribution in [0.5, 0.6) is 5.88 Å². The fourth-order valence-corrected chi connectivity index (χ4v) is 2.47. The number of pyridine rings is 1. The van der Waals surface area contributed by atoms with Gasteiger partial charge in [0, 0.05) is 18.8 Å². The average Bonchev–Trinajstić information content (AvgIpc) is 2.87. The molecule has 5 nitrogen and oxygen atoms in total. The van der Waals surface area contributed by atoms with Crippen LogP contribution in [0.1, 0.15) is 52.1 Å². The molecule has 116 valence electrons. The molecule has 0 N–H and O–H groups in total. The highest BCUT2D eigenvalue weighted by molar-refractivity contribution is 5.69. The minimum Gasteiger partial charge on any atom is -0.478 e. The van der Waals surface area contributed by atoms with Crippen molar-refractivity contribution >= 4 is 6.09 Å². The zero-order chi connectivity index (χ0) is 15.5. The predicted molar refractivity (Wildman–Crippen MR) is 80.3 cm³/mol. The van der Waals surface area contributed by atoms with Gasteiger partial charge in [0.25, 0.3) is 0 Å². The van der Waals surface area contributed by atoms with Crippen LogP contribution in [0.25, 0.3) is 0 Å². The number of amides is 1. The van der Waals surface area contributed by atoms with Gasteiger partial charge in [-0.25, -0.2) is 9.78 Å². The third-order valence-corrected chi connectivity index (χ3v) is 3.32. The lowest BCUT2D eigenvalue weighted by atomic mass is 10.1. The van der Waals surface area contributed by atoms with Crippen molar-refractivity contribution in [3.05, 3.63) is 23.9 Å². The highest BCUT2D eigenvalue weighted by atomic mass is 16.6. The Morgan fingerprint density at radius 2 is 2.19 bits per heavy atom. The molecule has 1 aliphatic rings. The molecule has 1 aliphatic heterocycles. The molecule has 5 heteroatoms. The number of aromatic nitrogens is 1. The van der Waals surface area contributed by atoms with Gasteiger partial charge in [0.2, 0.25) is 5.88 Å². The zero-order valence-electron chi connectivity index (χ0n) is 13.3. The van der Waals surface area contributed by atoms with E-state index >= 15 is 0 Å². The van der Waals surface area contributed by atoms with E-state index in [4.69, 9.17) is 9.47 Å². The topological polar surface area (TPSA) is 51.7 Å². The van der Waals surface area contributed by atoms with E-state index in [0.29, 0.717) is 12.5 Å². The summed E-state index contributed by atoms with van der Waals surface area (Å²) in [6.45, 7) is 8.90. The maximum absolute atomic E-state index is 12.3. The number of rotatable bonds is 3. The van der Waals surface area contributed by atoms with Crippen molar-refractivity contribution < 1.29 is 14.3 Å². The van der Waals surface area contributed by atoms with Crippen LogP contribution in [-0.2, 0) is 4.74 Å². The largest absolute Gasteiger partial charge is 0.478 e. The van der Waals surface area contributed by atoms with Gasteiger partial charge < -0.3 is 14.4 Å². The van der Waals surface area contributed by atoms with Crippen molar-refractivity contribution in [1.29, 1.82) is 0 Å². The number of carbonyl (C=O) groups excluding carboxylic acids is 1. The van der Waals surface area contributed by atoms with Gasteiger partial charge in [-0.2, -0.15) is 0 Å². The molecule has 0 bridgehead atoms. The van der Waals surface area contributed by atoms with Crippen molar-refractivity contribution in [2.24, 2.45) is 0 Å². The van der Waals surface area contributed by atoms with Crippen LogP contribution in [0.15, 0.2) is 18.3 Å². The maximum Gasteiger partial charge on any atom is 0.410 e. The van der Waals surface area contributed by atoms with Crippen molar-refractivity contribution in [2.45, 2.75) is 52.2 Å². The van der Waals surface area contributed by atoms with Crippen molar-refractivity contribution in [1.82, 2.24) is 9.88 Å². The molecule has 0 aliphatic carbocycles. The molecule has 1 aromatic heterocycles. The minimum absolute atomic E-state index is 0.0445. The SMILES string of the molecule is CCOc1ccc(C2CCCN2C(=O)OC(C)(C)C)cn1. The lowest BCUT2D eigenvalue weighted by Crippen LogP contribution is -2.36. The second-order valence-corrected chi connectivity index (χ2v) is 6.19. The number of nitrogens with zero attached hydrogens (tertiary/aromatic N) is 2. The van der Waals surface area contributed by atoms with Gasteiger partial charge in [0.1, 0.15) is 5.60 Å². The van der Waals surface area contributed by atoms with E-state index in [9.17, 15) is 4.79 Å². The third-order valence-electron chi connectivity index (χ3n) is 3.32. The second kappa shape index (κ2) is 6.33. The number of likely N-dealkylation sites (tertiary alicyclic amines) is 1. The monoisotopic (exact) mass is 292 g/mol. The molecule has 1 amide bonds. The maximum atomic E-state index is 12.3. The molecule has 1 unspecified atom stereocenters. The Hall–Kier alpha value is -1.78. The van der Waals surface area contributed by atoms with Gasteiger partial charge in [0.15, 0.2) is 0 Å². The molecule has 21 heavy (non-hydrogen) atoms. The highest BCUT2D eigenvalue weighted by Gasteiger charge is 2.33. The van der Waals surface area contributed by atoms with Crippen LogP contribution in [0.2, 0.25) is 0 Å². The van der Waals surface area contributed by atoms with Crippen LogP contribution in [0.4, 0.5) is 4.79 Å². The summed E-state index contributed by atoms with van der Waals surface area (Å²) in [5.74, 6) is 0.614. The Labute approximate surface area is 126 Å². The first-order valence-corrected chi connectivity index (χ1v) is 7.49. The first-order valence-electron chi connectivity index (χ1n) is 7.49. The Balaban J connectivity index is 2.09. The van der Waals surface area contributed by atoms with E-state index in [1.54, 1.807) is 11.1 Å². The lowest BCUT2D eigenvalue weighted by molar-refractivity contribution is 0.0224. The van der Waals surface area contributed by atoms with Gasteiger partial charge in [-0.05, 0) is 46.1 Å². The molecule has 0 spiro atoms. The van der Waals surface area contributed by atoms with Crippen LogP contribution in [0.3, 0.4) is 0 Å². The summed E-state index contributed by atoms with van der Waals surface area (Å²) in [6, 6.07) is 3.87. The molecule has 0 aromatic carbocycles. The molecule has 1 aromatic rings. The number of carbonyl (C=O) groups is 1. The van der Waals surface area contributed by atoms with E-state index in [-0.39, 0.29) is 12.1 Å². The van der Waals surface area contributed by atoms with E-state index in [2.05, 4.69) is 4.98 Å². The van der Waals surface area contributed by atoms with Gasteiger partial charge in [-0.3, -0.25) is 0 Å². The number of ether oxygens (including phenoxy) is 2. The fraction of sp³-hybridized carbons (Fsp3) is 0.625. The molecule has 2 rings (SSSR count). The first kappa shape index (κ1) is 15.6. The van der Waals surface area contributed by atoms with Crippen molar-refractivity contribution in [2.75, 3.05) is 13.2 Å². The van der Waals surface area contributed by atoms with Crippen molar-refractivity contribution in [3.63, 3.8) is 0 Å². The zero-order valence-corrected chi connectivity index (χ0v) is 13.3. The molecule has 1 saturated heterocycles. The Morgan fingerprint density at radius 1 is 1.43 bits per heavy atom. The van der Waals surface area contributed by atoms with Crippen LogP contribution in [0, 0.1) is 0 Å². The molecule has 2 heterocycles. The number of hydrogen-bond donors (Lipinski definition) is 0. The summed E-state index contributed by atoms with van der Waals surface area (Å²) in [5.41, 5.74) is 0.559. The fourth-order valence-electron chi connectivity index (χ4n) is 2.47. The molecule has 0 saturated carbocycles. The summed E-state index contributed by atoms with van der Waals surface area (Å²) in [4.78, 5) is 18.3. The minimum atomic E-state index is -0.471. The summed E-state index contributed by atoms with van der Waals surface area (Å²) in [7, 11) is 0. The summed E-state index contributed by atoms with van der Waals surface area (Å²) >= 11 is 0. The molecule has 0 radical (unpaired) electrons. The predicted octanol–water partition coefficient (Wildman–Crippen LogP) is 3.55. The normalized spacial score (nSPS) is 18.7. The molecular weight excluding hydrogens is 268 g/mol. The standard InChI is InChI=1S/C16H24N2O3/c1-5-20-14-9-8-12(11-17-14)13-7-6-10-18(13)15(19)21-16(2,3)4/h8-9,11,13H,5-7,10H2,1-4H3. The van der Waals surface area contributed by atoms with Gasteiger partial charge in [-0.15, -0.1) is 0 Å². The van der Waals surface area contributed by atoms with E-state index in [1.165, 1.54) is 0 Å². The van der Waals surface area contributed by atoms with Crippen LogP contribution in [-0.4, -0.2) is 34.7 Å². The first-order chi connectivity index (χ1) is 9.90. The van der Waals surface area contributed by atoms with E-state index < -0.39 is 5.60 Å². The van der Waals surface area contributed by atoms with Gasteiger partial charge in [-0.1, -0.05) is 6.07 Å². The molecular formula is C16H24N2O3. The summed E-state index contributed by atoms with van der Waals surface area (Å²) < 4.78 is 10.8. The molecule has 1 atom stereocenters. The molecule has 1 fully saturated rings. The van der Waals surface area contributed by atoms with Crippen LogP contribution >= 0.6 is 0 Å². The lowest BCUT2D eigenvalue weighted by Gasteiger charge is -2.28. The average molecular weight is 292 g/mol. The smallest absolute Gasteiger partial charge is 0.410 e. The second-order valence-electron chi connectivity index (χ2n) is 6.19. The van der Waals surface area contributed by atoms with Crippen LogP contribution < -0.4 is 4.74 Å². The van der Waals surface area contributed by atoms with E-state index in [1.807, 2.05) is 39.8 Å². The number of hydrogen-bond acceptors (Lipinski definition) is 4. The van der Waals surface area contributed by atoms with Crippen molar-refractivity contribution in [3.8, 4) is 5.88 Å². The summed E-state index contributed by atoms with van der Waals surface area (Å²) in [6.07, 6.45) is 3.46. The van der Waals surface area contributed by atoms with E-state index in [0.717, 1.165) is 24.9 Å². The van der Waals surface area contributed by atoms with Gasteiger partial charge >= 0.3 is 6.09 Å². The Bertz CT molecular complexity index is 479. The Morgan fingerprint density at radius 3 is 2.76 bits per heavy atom. The highest BCUT2D eigenvalue weighted by Crippen LogP contribution is 2.33.